The van der Waals surface area contributed by atoms with Gasteiger partial charge in [0, 0.05) is 19.5 Å². The fourth-order valence-electron chi connectivity index (χ4n) is 2.61. The van der Waals surface area contributed by atoms with Gasteiger partial charge in [-0.1, -0.05) is 18.2 Å². The van der Waals surface area contributed by atoms with E-state index >= 15 is 0 Å². The van der Waals surface area contributed by atoms with E-state index in [9.17, 15) is 9.59 Å². The Morgan fingerprint density at radius 2 is 1.94 bits per heavy atom. The summed E-state index contributed by atoms with van der Waals surface area (Å²) in [6.45, 7) is 1.57. The fourth-order valence-corrected chi connectivity index (χ4v) is 2.61. The fraction of sp³-hybridized carbons (Fsp3) is 0.429. The predicted molar refractivity (Wildman–Crippen MR) is 65.2 cm³/mol. The molecule has 0 aromatic heterocycles. The van der Waals surface area contributed by atoms with E-state index in [1.165, 1.54) is 0 Å². The molecule has 1 saturated heterocycles. The largest absolute Gasteiger partial charge is 0.448 e. The van der Waals surface area contributed by atoms with Crippen LogP contribution >= 0.6 is 0 Å². The molecule has 4 heteroatoms. The van der Waals surface area contributed by atoms with E-state index in [4.69, 9.17) is 4.74 Å². The van der Waals surface area contributed by atoms with Gasteiger partial charge in [-0.15, -0.1) is 0 Å². The van der Waals surface area contributed by atoms with Crippen molar-refractivity contribution in [1.29, 1.82) is 0 Å². The summed E-state index contributed by atoms with van der Waals surface area (Å²) in [6, 6.07) is 7.33. The van der Waals surface area contributed by atoms with Gasteiger partial charge in [0.05, 0.1) is 5.56 Å². The minimum atomic E-state index is -0.634. The molecule has 94 valence electrons. The van der Waals surface area contributed by atoms with Gasteiger partial charge in [0.15, 0.2) is 6.10 Å². The van der Waals surface area contributed by atoms with Gasteiger partial charge in [0.25, 0.3) is 5.91 Å². The van der Waals surface area contributed by atoms with Crippen molar-refractivity contribution in [3.63, 3.8) is 0 Å². The Kier molecular flexibility index (Phi) is 2.78. The Morgan fingerprint density at radius 1 is 1.22 bits per heavy atom. The van der Waals surface area contributed by atoms with Crippen LogP contribution in [0.25, 0.3) is 0 Å². The zero-order chi connectivity index (χ0) is 12.5. The highest BCUT2D eigenvalue weighted by atomic mass is 16.5. The van der Waals surface area contributed by atoms with Crippen LogP contribution in [-0.2, 0) is 16.0 Å². The normalized spacial score (nSPS) is 22.6. The van der Waals surface area contributed by atoms with Crippen LogP contribution in [0.3, 0.4) is 0 Å². The molecule has 2 aliphatic rings. The van der Waals surface area contributed by atoms with Crippen LogP contribution in [0.5, 0.6) is 0 Å². The lowest BCUT2D eigenvalue weighted by molar-refractivity contribution is -0.139. The third-order valence-electron chi connectivity index (χ3n) is 3.59. The zero-order valence-corrected chi connectivity index (χ0v) is 10.1. The molecule has 4 nitrogen and oxygen atoms in total. The molecule has 1 amide bonds. The lowest BCUT2D eigenvalue weighted by atomic mass is 9.98. The maximum atomic E-state index is 12.2. The second kappa shape index (κ2) is 4.44. The smallest absolute Gasteiger partial charge is 0.339 e. The summed E-state index contributed by atoms with van der Waals surface area (Å²) in [5.41, 5.74) is 1.49. The molecule has 0 saturated carbocycles. The van der Waals surface area contributed by atoms with E-state index in [0.29, 0.717) is 12.0 Å². The van der Waals surface area contributed by atoms with Gasteiger partial charge in [0.2, 0.25) is 0 Å². The molecule has 18 heavy (non-hydrogen) atoms. The molecule has 1 unspecified atom stereocenters. The Balaban J connectivity index is 1.81. The molecule has 0 spiro atoms. The van der Waals surface area contributed by atoms with Gasteiger partial charge in [0.1, 0.15) is 0 Å². The number of carbonyl (C=O) groups excluding carboxylic acids is 2. The molecule has 1 atom stereocenters. The van der Waals surface area contributed by atoms with E-state index in [-0.39, 0.29) is 11.9 Å². The number of fused-ring (bicyclic) bond motifs is 1. The van der Waals surface area contributed by atoms with Crippen LogP contribution in [0.4, 0.5) is 0 Å². The van der Waals surface area contributed by atoms with Crippen molar-refractivity contribution in [3.8, 4) is 0 Å². The third-order valence-corrected chi connectivity index (χ3v) is 3.59. The van der Waals surface area contributed by atoms with Gasteiger partial charge in [-0.3, -0.25) is 4.79 Å². The van der Waals surface area contributed by atoms with E-state index in [0.717, 1.165) is 31.5 Å². The number of esters is 1. The molecule has 2 aliphatic heterocycles. The van der Waals surface area contributed by atoms with Crippen molar-refractivity contribution < 1.29 is 14.3 Å². The monoisotopic (exact) mass is 245 g/mol. The summed E-state index contributed by atoms with van der Waals surface area (Å²) in [5, 5.41) is 0. The summed E-state index contributed by atoms with van der Waals surface area (Å²) in [5.74, 6) is -0.426. The van der Waals surface area contributed by atoms with E-state index in [1.807, 2.05) is 18.2 Å². The van der Waals surface area contributed by atoms with Crippen molar-refractivity contribution >= 4 is 11.9 Å². The van der Waals surface area contributed by atoms with Crippen LogP contribution in [0.1, 0.15) is 28.8 Å². The molecule has 2 heterocycles. The Bertz CT molecular complexity index is 492. The first-order valence-corrected chi connectivity index (χ1v) is 6.33. The van der Waals surface area contributed by atoms with Crippen molar-refractivity contribution in [1.82, 2.24) is 4.90 Å². The number of hydrogen-bond acceptors (Lipinski definition) is 3. The molecule has 1 aromatic carbocycles. The number of nitrogens with zero attached hydrogens (tertiary/aromatic N) is 1. The Labute approximate surface area is 106 Å². The number of ether oxygens (including phenoxy) is 1. The number of rotatable bonds is 1. The molecule has 3 rings (SSSR count). The number of carbonyl (C=O) groups is 2. The van der Waals surface area contributed by atoms with Crippen LogP contribution in [-0.4, -0.2) is 36.0 Å². The van der Waals surface area contributed by atoms with E-state index < -0.39 is 6.10 Å². The summed E-state index contributed by atoms with van der Waals surface area (Å²) in [4.78, 5) is 25.8. The van der Waals surface area contributed by atoms with Gasteiger partial charge < -0.3 is 9.64 Å². The average Bonchev–Trinajstić information content (AvgIpc) is 2.91. The Hall–Kier alpha value is -1.84. The SMILES string of the molecule is O=C1OC(C(=O)N2CCCC2)Cc2ccccc21. The summed E-state index contributed by atoms with van der Waals surface area (Å²) in [6.07, 6.45) is 1.95. The lowest BCUT2D eigenvalue weighted by Crippen LogP contribution is -2.43. The minimum Gasteiger partial charge on any atom is -0.448 e. The first kappa shape index (κ1) is 11.3. The quantitative estimate of drug-likeness (QED) is 0.702. The van der Waals surface area contributed by atoms with Gasteiger partial charge in [-0.2, -0.15) is 0 Å². The maximum Gasteiger partial charge on any atom is 0.339 e. The van der Waals surface area contributed by atoms with Crippen LogP contribution < -0.4 is 0 Å². The molecule has 0 aliphatic carbocycles. The number of benzene rings is 1. The molecule has 1 fully saturated rings. The highest BCUT2D eigenvalue weighted by Crippen LogP contribution is 2.22. The van der Waals surface area contributed by atoms with Crippen molar-refractivity contribution in [2.45, 2.75) is 25.4 Å². The minimum absolute atomic E-state index is 0.0460. The summed E-state index contributed by atoms with van der Waals surface area (Å²) >= 11 is 0. The van der Waals surface area contributed by atoms with Crippen LogP contribution in [0.15, 0.2) is 24.3 Å². The van der Waals surface area contributed by atoms with Gasteiger partial charge >= 0.3 is 5.97 Å². The topological polar surface area (TPSA) is 46.6 Å². The molecular weight excluding hydrogens is 230 g/mol. The first-order valence-electron chi connectivity index (χ1n) is 6.33. The molecule has 0 N–H and O–H groups in total. The lowest BCUT2D eigenvalue weighted by Gasteiger charge is -2.27. The predicted octanol–water partition coefficient (Wildman–Crippen LogP) is 1.39. The van der Waals surface area contributed by atoms with E-state index in [1.54, 1.807) is 11.0 Å². The number of cyclic esters (lactones) is 1. The maximum absolute atomic E-state index is 12.2. The van der Waals surface area contributed by atoms with E-state index in [2.05, 4.69) is 0 Å². The zero-order valence-electron chi connectivity index (χ0n) is 10.1. The molecule has 1 aromatic rings. The van der Waals surface area contributed by atoms with Crippen molar-refractivity contribution in [2.75, 3.05) is 13.1 Å². The van der Waals surface area contributed by atoms with Crippen LogP contribution in [0.2, 0.25) is 0 Å². The first-order chi connectivity index (χ1) is 8.75. The summed E-state index contributed by atoms with van der Waals surface area (Å²) in [7, 11) is 0. The van der Waals surface area contributed by atoms with Gasteiger partial charge in [-0.25, -0.2) is 4.79 Å². The number of likely N-dealkylation sites (tertiary alicyclic amines) is 1. The standard InChI is InChI=1S/C14H15NO3/c16-13(15-7-3-4-8-15)12-9-10-5-1-2-6-11(10)14(17)18-12/h1-2,5-6,12H,3-4,7-9H2. The number of hydrogen-bond donors (Lipinski definition) is 0. The molecule has 0 bridgehead atoms. The molecule has 0 radical (unpaired) electrons. The average molecular weight is 245 g/mol. The molecular formula is C14H15NO3. The number of amides is 1. The Morgan fingerprint density at radius 3 is 2.72 bits per heavy atom. The van der Waals surface area contributed by atoms with Crippen molar-refractivity contribution in [2.24, 2.45) is 0 Å². The third kappa shape index (κ3) is 1.88. The van der Waals surface area contributed by atoms with Gasteiger partial charge in [-0.05, 0) is 24.5 Å². The highest BCUT2D eigenvalue weighted by molar-refractivity contribution is 5.95. The van der Waals surface area contributed by atoms with Crippen molar-refractivity contribution in [3.05, 3.63) is 35.4 Å². The van der Waals surface area contributed by atoms with Crippen LogP contribution in [0, 0.1) is 0 Å². The summed E-state index contributed by atoms with van der Waals surface area (Å²) < 4.78 is 5.26. The second-order valence-corrected chi connectivity index (χ2v) is 4.79. The highest BCUT2D eigenvalue weighted by Gasteiger charge is 2.34. The second-order valence-electron chi connectivity index (χ2n) is 4.79.